The van der Waals surface area contributed by atoms with E-state index in [1.54, 1.807) is 31.4 Å². The second-order valence-corrected chi connectivity index (χ2v) is 8.75. The van der Waals surface area contributed by atoms with Crippen molar-refractivity contribution < 1.29 is 9.53 Å². The number of nitrogens with one attached hydrogen (secondary N) is 1. The highest BCUT2D eigenvalue weighted by molar-refractivity contribution is 7.14. The zero-order valence-corrected chi connectivity index (χ0v) is 19.8. The highest BCUT2D eigenvalue weighted by Gasteiger charge is 2.18. The van der Waals surface area contributed by atoms with Crippen LogP contribution in [0.3, 0.4) is 0 Å². The number of anilines is 1. The summed E-state index contributed by atoms with van der Waals surface area (Å²) >= 11 is 7.45. The van der Waals surface area contributed by atoms with Crippen LogP contribution < -0.4 is 10.1 Å². The molecule has 0 spiro atoms. The number of methoxy groups -OCH3 is 1. The smallest absolute Gasteiger partial charge is 0.256 e. The first-order chi connectivity index (χ1) is 16.2. The minimum absolute atomic E-state index is 0.194. The van der Waals surface area contributed by atoms with Gasteiger partial charge >= 0.3 is 0 Å². The van der Waals surface area contributed by atoms with E-state index in [1.807, 2.05) is 60.7 Å². The number of aromatic nitrogens is 1. The number of thiazole rings is 1. The van der Waals surface area contributed by atoms with Crippen molar-refractivity contribution in [1.29, 1.82) is 0 Å². The van der Waals surface area contributed by atoms with E-state index < -0.39 is 0 Å². The van der Waals surface area contributed by atoms with Gasteiger partial charge in [0.05, 0.1) is 11.4 Å². The number of carbonyl (C=O) groups is 1. The molecule has 33 heavy (non-hydrogen) atoms. The van der Waals surface area contributed by atoms with E-state index >= 15 is 0 Å². The first-order valence-electron chi connectivity index (χ1n) is 10.6. The van der Waals surface area contributed by atoms with Crippen LogP contribution in [0.4, 0.5) is 10.7 Å². The highest BCUT2D eigenvalue weighted by atomic mass is 35.5. The van der Waals surface area contributed by atoms with Crippen LogP contribution >= 0.6 is 22.9 Å². The summed E-state index contributed by atoms with van der Waals surface area (Å²) in [5, 5.41) is 4.44. The first kappa shape index (κ1) is 23.0. The van der Waals surface area contributed by atoms with Gasteiger partial charge < -0.3 is 14.6 Å². The molecule has 4 rings (SSSR count). The van der Waals surface area contributed by atoms with Gasteiger partial charge in [0, 0.05) is 36.4 Å². The molecule has 0 atom stereocenters. The molecule has 1 aromatic heterocycles. The fraction of sp³-hybridized carbons (Fsp3) is 0.154. The van der Waals surface area contributed by atoms with Gasteiger partial charge in [-0.15, -0.1) is 0 Å². The average molecular weight is 478 g/mol. The Bertz CT molecular complexity index is 1270. The summed E-state index contributed by atoms with van der Waals surface area (Å²) in [5.41, 5.74) is 3.33. The molecule has 5 nitrogen and oxygen atoms in total. The van der Waals surface area contributed by atoms with Crippen LogP contribution in [0.2, 0.25) is 5.02 Å². The van der Waals surface area contributed by atoms with E-state index in [1.165, 1.54) is 11.3 Å². The predicted octanol–water partition coefficient (Wildman–Crippen LogP) is 6.39. The van der Waals surface area contributed by atoms with Crippen LogP contribution in [-0.4, -0.2) is 24.2 Å². The predicted molar refractivity (Wildman–Crippen MR) is 135 cm³/mol. The molecular weight excluding hydrogens is 454 g/mol. The van der Waals surface area contributed by atoms with Gasteiger partial charge in [0.1, 0.15) is 5.00 Å². The Morgan fingerprint density at radius 3 is 2.33 bits per heavy atom. The monoisotopic (exact) mass is 477 g/mol. The van der Waals surface area contributed by atoms with Crippen LogP contribution in [0.1, 0.15) is 16.8 Å². The van der Waals surface area contributed by atoms with Gasteiger partial charge in [-0.3, -0.25) is 4.79 Å². The summed E-state index contributed by atoms with van der Waals surface area (Å²) in [6.45, 7) is 1.34. The Balaban J connectivity index is 1.83. The van der Waals surface area contributed by atoms with E-state index in [0.29, 0.717) is 23.7 Å². The molecular formula is C26H24ClN3O2S. The van der Waals surface area contributed by atoms with E-state index in [9.17, 15) is 4.79 Å². The van der Waals surface area contributed by atoms with Crippen molar-refractivity contribution in [3.8, 4) is 11.3 Å². The third kappa shape index (κ3) is 5.79. The summed E-state index contributed by atoms with van der Waals surface area (Å²) in [4.78, 5) is 18.7. The summed E-state index contributed by atoms with van der Waals surface area (Å²) in [6.07, 6.45) is 0.819. The van der Waals surface area contributed by atoms with Crippen molar-refractivity contribution in [2.24, 2.45) is 4.99 Å². The van der Waals surface area contributed by atoms with Crippen molar-refractivity contribution in [2.75, 3.05) is 19.0 Å². The number of amides is 1. The first-order valence-corrected chi connectivity index (χ1v) is 11.8. The number of hydrogen-bond acceptors (Lipinski definition) is 4. The number of nitrogens with zero attached hydrogens (tertiary/aromatic N) is 2. The number of hydrogen-bond donors (Lipinski definition) is 1. The van der Waals surface area contributed by atoms with Crippen LogP contribution in [0.25, 0.3) is 11.3 Å². The average Bonchev–Trinajstić information content (AvgIpc) is 3.17. The second-order valence-electron chi connectivity index (χ2n) is 7.33. The zero-order valence-electron chi connectivity index (χ0n) is 18.2. The number of ether oxygens (including phenoxy) is 1. The molecule has 0 aliphatic heterocycles. The molecule has 0 radical (unpaired) electrons. The maximum absolute atomic E-state index is 13.0. The highest BCUT2D eigenvalue weighted by Crippen LogP contribution is 2.32. The molecule has 7 heteroatoms. The molecule has 0 bridgehead atoms. The Hall–Kier alpha value is -3.19. The molecule has 0 unspecified atom stereocenters. The third-order valence-electron chi connectivity index (χ3n) is 5.00. The van der Waals surface area contributed by atoms with E-state index in [-0.39, 0.29) is 5.91 Å². The maximum Gasteiger partial charge on any atom is 0.256 e. The Morgan fingerprint density at radius 1 is 1.00 bits per heavy atom. The van der Waals surface area contributed by atoms with Crippen molar-refractivity contribution in [3.05, 3.63) is 100 Å². The lowest BCUT2D eigenvalue weighted by molar-refractivity contribution is 0.102. The Morgan fingerprint density at radius 2 is 1.67 bits per heavy atom. The van der Waals surface area contributed by atoms with Crippen molar-refractivity contribution in [3.63, 3.8) is 0 Å². The number of halogens is 1. The summed E-state index contributed by atoms with van der Waals surface area (Å²) in [5.74, 6) is -0.194. The zero-order chi connectivity index (χ0) is 23.0. The lowest BCUT2D eigenvalue weighted by Crippen LogP contribution is -2.17. The van der Waals surface area contributed by atoms with Gasteiger partial charge in [0.15, 0.2) is 4.80 Å². The second kappa shape index (κ2) is 11.1. The fourth-order valence-corrected chi connectivity index (χ4v) is 4.65. The molecule has 1 amide bonds. The van der Waals surface area contributed by atoms with Crippen molar-refractivity contribution in [2.45, 2.75) is 13.0 Å². The summed E-state index contributed by atoms with van der Waals surface area (Å²) < 4.78 is 7.44. The number of para-hydroxylation sites is 1. The molecule has 0 aliphatic rings. The summed E-state index contributed by atoms with van der Waals surface area (Å²) in [6, 6.07) is 26.7. The molecule has 1 heterocycles. The third-order valence-corrected chi connectivity index (χ3v) is 6.25. The Labute approximate surface area is 202 Å². The van der Waals surface area contributed by atoms with Gasteiger partial charge in [-0.2, -0.15) is 0 Å². The topological polar surface area (TPSA) is 55.6 Å². The van der Waals surface area contributed by atoms with E-state index in [4.69, 9.17) is 21.3 Å². The van der Waals surface area contributed by atoms with Crippen LogP contribution in [0.15, 0.2) is 89.9 Å². The molecule has 0 saturated carbocycles. The minimum Gasteiger partial charge on any atom is -0.385 e. The van der Waals surface area contributed by atoms with Crippen LogP contribution in [-0.2, 0) is 11.3 Å². The van der Waals surface area contributed by atoms with Crippen LogP contribution in [0.5, 0.6) is 0 Å². The van der Waals surface area contributed by atoms with Crippen molar-refractivity contribution >= 4 is 39.5 Å². The fourth-order valence-electron chi connectivity index (χ4n) is 3.43. The van der Waals surface area contributed by atoms with Gasteiger partial charge in [-0.25, -0.2) is 4.99 Å². The molecule has 4 aromatic rings. The van der Waals surface area contributed by atoms with E-state index in [2.05, 4.69) is 9.88 Å². The molecule has 3 aromatic carbocycles. The van der Waals surface area contributed by atoms with Gasteiger partial charge in [-0.05, 0) is 42.8 Å². The normalized spacial score (nSPS) is 11.5. The summed E-state index contributed by atoms with van der Waals surface area (Å²) in [7, 11) is 1.70. The van der Waals surface area contributed by atoms with E-state index in [0.717, 1.165) is 33.2 Å². The number of rotatable bonds is 8. The molecule has 0 saturated heterocycles. The van der Waals surface area contributed by atoms with Crippen LogP contribution in [0, 0.1) is 0 Å². The lowest BCUT2D eigenvalue weighted by Gasteiger charge is -2.12. The standard InChI is InChI=1S/C26H24ClN3O2S/c1-32-18-8-17-30-23(19-9-4-2-5-10-19)25(29-24(31)20-13-15-21(27)16-14-20)33-26(30)28-22-11-6-3-7-12-22/h2-7,9-16H,8,17-18H2,1H3,(H,29,31). The largest absolute Gasteiger partial charge is 0.385 e. The van der Waals surface area contributed by atoms with Gasteiger partial charge in [0.2, 0.25) is 0 Å². The minimum atomic E-state index is -0.194. The Kier molecular flexibility index (Phi) is 7.73. The van der Waals surface area contributed by atoms with Gasteiger partial charge in [0.25, 0.3) is 5.91 Å². The number of carbonyl (C=O) groups excluding carboxylic acids is 1. The SMILES string of the molecule is COCCCn1c(-c2ccccc2)c(NC(=O)c2ccc(Cl)cc2)sc1=Nc1ccccc1. The lowest BCUT2D eigenvalue weighted by atomic mass is 10.1. The molecule has 0 aliphatic carbocycles. The van der Waals surface area contributed by atoms with Gasteiger partial charge in [-0.1, -0.05) is 71.5 Å². The quantitative estimate of drug-likeness (QED) is 0.299. The maximum atomic E-state index is 13.0. The number of benzene rings is 3. The molecule has 168 valence electrons. The van der Waals surface area contributed by atoms with Crippen molar-refractivity contribution in [1.82, 2.24) is 4.57 Å². The molecule has 1 N–H and O–H groups in total. The molecule has 0 fully saturated rings.